The van der Waals surface area contributed by atoms with E-state index >= 15 is 0 Å². The Morgan fingerprint density at radius 3 is 1.79 bits per heavy atom. The van der Waals surface area contributed by atoms with Gasteiger partial charge in [-0.3, -0.25) is 0 Å². The van der Waals surface area contributed by atoms with Gasteiger partial charge in [0.1, 0.15) is 5.75 Å². The molecule has 2 nitrogen and oxygen atoms in total. The molecule has 39 heavy (non-hydrogen) atoms. The van der Waals surface area contributed by atoms with E-state index in [9.17, 15) is 0 Å². The summed E-state index contributed by atoms with van der Waals surface area (Å²) in [6, 6.07) is 51.7. The summed E-state index contributed by atoms with van der Waals surface area (Å²) >= 11 is 0. The van der Waals surface area contributed by atoms with Gasteiger partial charge in [0.05, 0.1) is 11.1 Å². The van der Waals surface area contributed by atoms with Crippen LogP contribution in [0, 0.1) is 0 Å². The largest absolute Gasteiger partial charge is 0.454 e. The molecule has 0 radical (unpaired) electrons. The Bertz CT molecular complexity index is 1810. The molecule has 6 aromatic rings. The van der Waals surface area contributed by atoms with Gasteiger partial charge in [-0.1, -0.05) is 121 Å². The Labute approximate surface area is 228 Å². The van der Waals surface area contributed by atoms with Crippen LogP contribution < -0.4 is 10.1 Å². The van der Waals surface area contributed by atoms with Crippen molar-refractivity contribution in [3.05, 3.63) is 168 Å². The van der Waals surface area contributed by atoms with E-state index in [0.717, 1.165) is 34.0 Å². The molecule has 1 aliphatic carbocycles. The summed E-state index contributed by atoms with van der Waals surface area (Å²) < 4.78 is 6.90. The van der Waals surface area contributed by atoms with Gasteiger partial charge in [0.2, 0.25) is 0 Å². The molecule has 0 fully saturated rings. The lowest BCUT2D eigenvalue weighted by Gasteiger charge is -2.40. The van der Waals surface area contributed by atoms with Crippen LogP contribution in [0.25, 0.3) is 22.3 Å². The molecule has 2 aliphatic rings. The molecule has 0 atom stereocenters. The number of rotatable bonds is 3. The third-order valence-corrected chi connectivity index (χ3v) is 8.13. The number of anilines is 2. The second kappa shape index (κ2) is 8.47. The van der Waals surface area contributed by atoms with Crippen LogP contribution in [0.1, 0.15) is 22.3 Å². The fourth-order valence-corrected chi connectivity index (χ4v) is 6.51. The molecule has 8 rings (SSSR count). The molecule has 1 heterocycles. The number of fused-ring (bicyclic) bond motifs is 9. The van der Waals surface area contributed by atoms with Gasteiger partial charge < -0.3 is 10.1 Å². The lowest BCUT2D eigenvalue weighted by atomic mass is 9.66. The first-order valence-corrected chi connectivity index (χ1v) is 13.4. The van der Waals surface area contributed by atoms with Crippen molar-refractivity contribution < 1.29 is 4.74 Å². The van der Waals surface area contributed by atoms with E-state index in [1.165, 1.54) is 33.4 Å². The van der Waals surface area contributed by atoms with Crippen LogP contribution in [0.15, 0.2) is 146 Å². The predicted octanol–water partition coefficient (Wildman–Crippen LogP) is 9.57. The molecule has 0 aromatic heterocycles. The van der Waals surface area contributed by atoms with Gasteiger partial charge in [0.15, 0.2) is 5.75 Å². The highest BCUT2D eigenvalue weighted by Gasteiger charge is 2.51. The third-order valence-electron chi connectivity index (χ3n) is 8.13. The monoisotopic (exact) mass is 499 g/mol. The normalized spacial score (nSPS) is 13.5. The number of para-hydroxylation sites is 2. The number of benzene rings is 6. The lowest BCUT2D eigenvalue weighted by Crippen LogP contribution is -2.32. The zero-order valence-corrected chi connectivity index (χ0v) is 21.3. The van der Waals surface area contributed by atoms with E-state index in [4.69, 9.17) is 4.74 Å². The van der Waals surface area contributed by atoms with Crippen LogP contribution in [0.5, 0.6) is 11.5 Å². The van der Waals surface area contributed by atoms with Gasteiger partial charge >= 0.3 is 0 Å². The molecule has 1 spiro atoms. The van der Waals surface area contributed by atoms with E-state index in [1.807, 2.05) is 18.2 Å². The van der Waals surface area contributed by atoms with Crippen LogP contribution in [0.3, 0.4) is 0 Å². The second-order valence-corrected chi connectivity index (χ2v) is 10.2. The molecule has 0 saturated carbocycles. The van der Waals surface area contributed by atoms with Crippen molar-refractivity contribution in [1.82, 2.24) is 0 Å². The van der Waals surface area contributed by atoms with Gasteiger partial charge in [0.25, 0.3) is 0 Å². The highest BCUT2D eigenvalue weighted by Crippen LogP contribution is 2.63. The van der Waals surface area contributed by atoms with E-state index < -0.39 is 5.41 Å². The van der Waals surface area contributed by atoms with E-state index in [2.05, 4.69) is 133 Å². The minimum absolute atomic E-state index is 0.486. The molecule has 1 N–H and O–H groups in total. The lowest BCUT2D eigenvalue weighted by molar-refractivity contribution is 0.438. The van der Waals surface area contributed by atoms with Crippen LogP contribution in [0.4, 0.5) is 11.4 Å². The van der Waals surface area contributed by atoms with Crippen LogP contribution in [-0.2, 0) is 5.41 Å². The van der Waals surface area contributed by atoms with Crippen molar-refractivity contribution in [1.29, 1.82) is 0 Å². The van der Waals surface area contributed by atoms with Crippen molar-refractivity contribution in [2.75, 3.05) is 5.32 Å². The number of hydrogen-bond donors (Lipinski definition) is 1. The van der Waals surface area contributed by atoms with Gasteiger partial charge in [-0.15, -0.1) is 0 Å². The third kappa shape index (κ3) is 3.15. The summed E-state index contributed by atoms with van der Waals surface area (Å²) in [7, 11) is 0. The minimum atomic E-state index is -0.486. The highest BCUT2D eigenvalue weighted by atomic mass is 16.5. The Balaban J connectivity index is 1.44. The second-order valence-electron chi connectivity index (χ2n) is 10.2. The van der Waals surface area contributed by atoms with Crippen molar-refractivity contribution in [2.45, 2.75) is 5.41 Å². The first-order chi connectivity index (χ1) is 19.3. The van der Waals surface area contributed by atoms with Crippen LogP contribution >= 0.6 is 0 Å². The average Bonchev–Trinajstić information content (AvgIpc) is 3.29. The summed E-state index contributed by atoms with van der Waals surface area (Å²) in [6.45, 7) is 0. The Hall–Kier alpha value is -5.08. The van der Waals surface area contributed by atoms with Crippen molar-refractivity contribution >= 4 is 11.4 Å². The molecule has 1 aliphatic heterocycles. The zero-order valence-electron chi connectivity index (χ0n) is 21.3. The summed E-state index contributed by atoms with van der Waals surface area (Å²) in [5.74, 6) is 1.75. The maximum Gasteiger partial charge on any atom is 0.155 e. The predicted molar refractivity (Wildman–Crippen MR) is 159 cm³/mol. The van der Waals surface area contributed by atoms with E-state index in [0.29, 0.717) is 0 Å². The molecule has 0 amide bonds. The Morgan fingerprint density at radius 1 is 0.462 bits per heavy atom. The van der Waals surface area contributed by atoms with Gasteiger partial charge in [-0.25, -0.2) is 0 Å². The van der Waals surface area contributed by atoms with Crippen LogP contribution in [0.2, 0.25) is 0 Å². The fourth-order valence-electron chi connectivity index (χ4n) is 6.51. The Morgan fingerprint density at radius 2 is 1.08 bits per heavy atom. The number of hydrogen-bond acceptors (Lipinski definition) is 2. The average molecular weight is 500 g/mol. The summed E-state index contributed by atoms with van der Waals surface area (Å²) in [4.78, 5) is 0. The number of nitrogens with one attached hydrogen (secondary N) is 1. The maximum atomic E-state index is 6.90. The topological polar surface area (TPSA) is 21.3 Å². The molecular formula is C37H25NO. The van der Waals surface area contributed by atoms with Crippen molar-refractivity contribution in [3.8, 4) is 33.8 Å². The molecular weight excluding hydrogens is 474 g/mol. The van der Waals surface area contributed by atoms with Gasteiger partial charge in [0, 0.05) is 16.8 Å². The quantitative estimate of drug-likeness (QED) is 0.261. The summed E-state index contributed by atoms with van der Waals surface area (Å²) in [6.07, 6.45) is 0. The van der Waals surface area contributed by atoms with Gasteiger partial charge in [-0.05, 0) is 57.6 Å². The summed E-state index contributed by atoms with van der Waals surface area (Å²) in [5.41, 5.74) is 11.3. The van der Waals surface area contributed by atoms with E-state index in [1.54, 1.807) is 0 Å². The first-order valence-electron chi connectivity index (χ1n) is 13.4. The first kappa shape index (κ1) is 22.0. The zero-order chi connectivity index (χ0) is 25.8. The maximum absolute atomic E-state index is 6.90. The molecule has 0 saturated heterocycles. The standard InChI is InChI=1S/C37H25NO/c1-3-12-25(13-4-1)26-22-23-32-35(24-26)39-36-33(20-11-21-34(36)38-27-14-5-2-6-15-27)37(32)30-18-9-7-16-28(30)29-17-8-10-19-31(29)37/h1-24,38H. The SMILES string of the molecule is c1ccc(Nc2cccc3c2Oc2cc(-c4ccccc4)ccc2C32c3ccccc3-c3ccccc32)cc1. The highest BCUT2D eigenvalue weighted by molar-refractivity contribution is 5.90. The molecule has 2 heteroatoms. The molecule has 0 bridgehead atoms. The van der Waals surface area contributed by atoms with Crippen LogP contribution in [-0.4, -0.2) is 0 Å². The van der Waals surface area contributed by atoms with Crippen molar-refractivity contribution in [3.63, 3.8) is 0 Å². The minimum Gasteiger partial charge on any atom is -0.454 e. The molecule has 184 valence electrons. The smallest absolute Gasteiger partial charge is 0.155 e. The van der Waals surface area contributed by atoms with E-state index in [-0.39, 0.29) is 0 Å². The Kier molecular flexibility index (Phi) is 4.77. The fraction of sp³-hybridized carbons (Fsp3) is 0.0270. The van der Waals surface area contributed by atoms with Gasteiger partial charge in [-0.2, -0.15) is 0 Å². The molecule has 6 aromatic carbocycles. The summed E-state index contributed by atoms with van der Waals surface area (Å²) in [5, 5.41) is 3.64. The van der Waals surface area contributed by atoms with Crippen molar-refractivity contribution in [2.24, 2.45) is 0 Å². The number of ether oxygens (including phenoxy) is 1. The molecule has 0 unspecified atom stereocenters.